The highest BCUT2D eigenvalue weighted by molar-refractivity contribution is 5.37. The highest BCUT2D eigenvalue weighted by Gasteiger charge is 2.26. The maximum Gasteiger partial charge on any atom is 0.119 e. The van der Waals surface area contributed by atoms with Gasteiger partial charge < -0.3 is 4.74 Å². The van der Waals surface area contributed by atoms with Crippen molar-refractivity contribution in [3.63, 3.8) is 0 Å². The summed E-state index contributed by atoms with van der Waals surface area (Å²) in [5.74, 6) is 1.01. The molecule has 0 N–H and O–H groups in total. The van der Waals surface area contributed by atoms with Gasteiger partial charge in [0.1, 0.15) is 5.75 Å². The molecule has 3 rings (SSSR count). The van der Waals surface area contributed by atoms with Gasteiger partial charge in [-0.25, -0.2) is 0 Å². The lowest BCUT2D eigenvalue weighted by Crippen LogP contribution is -2.41. The summed E-state index contributed by atoms with van der Waals surface area (Å²) in [6, 6.07) is 7.50. The largest absolute Gasteiger partial charge is 0.494 e. The molecule has 2 aliphatic rings. The summed E-state index contributed by atoms with van der Waals surface area (Å²) < 4.78 is 5.69. The summed E-state index contributed by atoms with van der Waals surface area (Å²) in [7, 11) is 0. The molecule has 1 heterocycles. The Morgan fingerprint density at radius 1 is 1.16 bits per heavy atom. The number of nitrogens with zero attached hydrogens (tertiary/aromatic N) is 1. The first-order valence-corrected chi connectivity index (χ1v) is 7.65. The summed E-state index contributed by atoms with van der Waals surface area (Å²) in [4.78, 5) is 2.69. The second-order valence-corrected chi connectivity index (χ2v) is 5.75. The first-order chi connectivity index (χ1) is 9.36. The van der Waals surface area contributed by atoms with E-state index in [0.29, 0.717) is 6.61 Å². The minimum atomic E-state index is 0.715. The van der Waals surface area contributed by atoms with E-state index < -0.39 is 0 Å². The van der Waals surface area contributed by atoms with Gasteiger partial charge in [0, 0.05) is 19.1 Å². The predicted molar refractivity (Wildman–Crippen MR) is 78.5 cm³/mol. The topological polar surface area (TPSA) is 12.5 Å². The van der Waals surface area contributed by atoms with E-state index in [1.807, 2.05) is 0 Å². The number of ether oxygens (including phenoxy) is 1. The van der Waals surface area contributed by atoms with Gasteiger partial charge in [0.15, 0.2) is 0 Å². The smallest absolute Gasteiger partial charge is 0.119 e. The molecular formula is C17H24NO. The van der Waals surface area contributed by atoms with Gasteiger partial charge in [-0.2, -0.15) is 0 Å². The normalized spacial score (nSPS) is 20.5. The summed E-state index contributed by atoms with van der Waals surface area (Å²) in [5.41, 5.74) is 3.01. The summed E-state index contributed by atoms with van der Waals surface area (Å²) >= 11 is 0. The molecule has 0 spiro atoms. The van der Waals surface area contributed by atoms with Crippen molar-refractivity contribution in [3.05, 3.63) is 36.2 Å². The Labute approximate surface area is 116 Å². The SMILES string of the molecule is [CH2]CCOc1ccc2c(c1)CCN(C1CCC1)CC2. The van der Waals surface area contributed by atoms with Crippen LogP contribution in [0.5, 0.6) is 5.75 Å². The molecule has 103 valence electrons. The van der Waals surface area contributed by atoms with E-state index in [2.05, 4.69) is 30.0 Å². The molecule has 1 radical (unpaired) electrons. The van der Waals surface area contributed by atoms with Crippen LogP contribution in [0.2, 0.25) is 0 Å². The first-order valence-electron chi connectivity index (χ1n) is 7.65. The number of fused-ring (bicyclic) bond motifs is 1. The third kappa shape index (κ3) is 2.94. The van der Waals surface area contributed by atoms with Gasteiger partial charge in [0.2, 0.25) is 0 Å². The molecule has 1 aliphatic heterocycles. The standard InChI is InChI=1S/C17H24NO/c1-2-12-19-17-7-6-14-8-10-18(16-4-3-5-16)11-9-15(14)13-17/h6-7,13,16H,1-5,8-12H2. The third-order valence-corrected chi connectivity index (χ3v) is 4.52. The van der Waals surface area contributed by atoms with Crippen LogP contribution < -0.4 is 4.74 Å². The lowest BCUT2D eigenvalue weighted by atomic mass is 9.91. The molecule has 2 nitrogen and oxygen atoms in total. The quantitative estimate of drug-likeness (QED) is 0.822. The van der Waals surface area contributed by atoms with Gasteiger partial charge in [0.05, 0.1) is 6.61 Å². The monoisotopic (exact) mass is 258 g/mol. The molecule has 0 aromatic heterocycles. The van der Waals surface area contributed by atoms with Crippen LogP contribution in [0.4, 0.5) is 0 Å². The van der Waals surface area contributed by atoms with Crippen LogP contribution in [0, 0.1) is 6.92 Å². The van der Waals surface area contributed by atoms with E-state index in [4.69, 9.17) is 4.74 Å². The number of rotatable bonds is 4. The highest BCUT2D eigenvalue weighted by atomic mass is 16.5. The maximum atomic E-state index is 5.69. The molecule has 0 saturated heterocycles. The lowest BCUT2D eigenvalue weighted by molar-refractivity contribution is 0.133. The second kappa shape index (κ2) is 5.96. The predicted octanol–water partition coefficient (Wildman–Crippen LogP) is 3.24. The summed E-state index contributed by atoms with van der Waals surface area (Å²) in [5, 5.41) is 0. The first kappa shape index (κ1) is 13.0. The Kier molecular flexibility index (Phi) is 4.07. The van der Waals surface area contributed by atoms with Gasteiger partial charge in [0.25, 0.3) is 0 Å². The van der Waals surface area contributed by atoms with Crippen molar-refractivity contribution < 1.29 is 4.74 Å². The molecule has 1 aromatic carbocycles. The zero-order valence-corrected chi connectivity index (χ0v) is 11.7. The molecular weight excluding hydrogens is 234 g/mol. The zero-order chi connectivity index (χ0) is 13.1. The number of benzene rings is 1. The summed E-state index contributed by atoms with van der Waals surface area (Å²) in [6.07, 6.45) is 7.45. The maximum absolute atomic E-state index is 5.69. The van der Waals surface area contributed by atoms with Gasteiger partial charge in [-0.3, -0.25) is 4.90 Å². The Balaban J connectivity index is 1.67. The van der Waals surface area contributed by atoms with Gasteiger partial charge >= 0.3 is 0 Å². The van der Waals surface area contributed by atoms with Crippen molar-refractivity contribution in [1.29, 1.82) is 0 Å². The fourth-order valence-electron chi connectivity index (χ4n) is 3.12. The molecule has 2 heteroatoms. The van der Waals surface area contributed by atoms with Crippen LogP contribution in [-0.4, -0.2) is 30.6 Å². The van der Waals surface area contributed by atoms with E-state index >= 15 is 0 Å². The van der Waals surface area contributed by atoms with Crippen molar-refractivity contribution >= 4 is 0 Å². The fraction of sp³-hybridized carbons (Fsp3) is 0.588. The minimum Gasteiger partial charge on any atom is -0.494 e. The Hall–Kier alpha value is -1.02. The van der Waals surface area contributed by atoms with E-state index in [0.717, 1.165) is 18.2 Å². The zero-order valence-electron chi connectivity index (χ0n) is 11.7. The van der Waals surface area contributed by atoms with Gasteiger partial charge in [-0.1, -0.05) is 12.5 Å². The average Bonchev–Trinajstić information content (AvgIpc) is 2.57. The average molecular weight is 258 g/mol. The van der Waals surface area contributed by atoms with E-state index in [1.54, 1.807) is 0 Å². The summed E-state index contributed by atoms with van der Waals surface area (Å²) in [6.45, 7) is 6.98. The van der Waals surface area contributed by atoms with Crippen LogP contribution in [-0.2, 0) is 12.8 Å². The fourth-order valence-corrected chi connectivity index (χ4v) is 3.12. The Morgan fingerprint density at radius 3 is 2.63 bits per heavy atom. The highest BCUT2D eigenvalue weighted by Crippen LogP contribution is 2.28. The molecule has 19 heavy (non-hydrogen) atoms. The number of hydrogen-bond acceptors (Lipinski definition) is 2. The van der Waals surface area contributed by atoms with Crippen molar-refractivity contribution in [3.8, 4) is 5.75 Å². The van der Waals surface area contributed by atoms with Crippen LogP contribution in [0.15, 0.2) is 18.2 Å². The van der Waals surface area contributed by atoms with Gasteiger partial charge in [-0.05, 0) is 62.3 Å². The number of hydrogen-bond donors (Lipinski definition) is 0. The molecule has 1 aliphatic carbocycles. The molecule has 0 bridgehead atoms. The van der Waals surface area contributed by atoms with E-state index in [1.165, 1.54) is 56.3 Å². The van der Waals surface area contributed by atoms with Crippen LogP contribution in [0.25, 0.3) is 0 Å². The Bertz CT molecular complexity index is 425. The van der Waals surface area contributed by atoms with Gasteiger partial charge in [-0.15, -0.1) is 0 Å². The lowest BCUT2D eigenvalue weighted by Gasteiger charge is -2.36. The van der Waals surface area contributed by atoms with Crippen molar-refractivity contribution in [1.82, 2.24) is 4.90 Å². The molecule has 0 amide bonds. The van der Waals surface area contributed by atoms with Crippen molar-refractivity contribution in [2.45, 2.75) is 44.6 Å². The third-order valence-electron chi connectivity index (χ3n) is 4.52. The van der Waals surface area contributed by atoms with Crippen molar-refractivity contribution in [2.75, 3.05) is 19.7 Å². The van der Waals surface area contributed by atoms with E-state index in [-0.39, 0.29) is 0 Å². The van der Waals surface area contributed by atoms with Crippen LogP contribution >= 0.6 is 0 Å². The molecule has 1 aromatic rings. The molecule has 1 fully saturated rings. The van der Waals surface area contributed by atoms with Crippen molar-refractivity contribution in [2.24, 2.45) is 0 Å². The molecule has 0 unspecified atom stereocenters. The molecule has 1 saturated carbocycles. The Morgan fingerprint density at radius 2 is 1.95 bits per heavy atom. The molecule has 0 atom stereocenters. The second-order valence-electron chi connectivity index (χ2n) is 5.75. The minimum absolute atomic E-state index is 0.715. The van der Waals surface area contributed by atoms with Crippen LogP contribution in [0.3, 0.4) is 0 Å². The van der Waals surface area contributed by atoms with Crippen LogP contribution in [0.1, 0.15) is 36.8 Å². The van der Waals surface area contributed by atoms with E-state index in [9.17, 15) is 0 Å².